The highest BCUT2D eigenvalue weighted by atomic mass is 16.2. The first kappa shape index (κ1) is 19.4. The highest BCUT2D eigenvalue weighted by Gasteiger charge is 2.26. The van der Waals surface area contributed by atoms with Crippen LogP contribution in [-0.4, -0.2) is 48.3 Å². The van der Waals surface area contributed by atoms with Gasteiger partial charge in [0, 0.05) is 61.2 Å². The second kappa shape index (κ2) is 7.85. The van der Waals surface area contributed by atoms with Gasteiger partial charge < -0.3 is 4.90 Å². The van der Waals surface area contributed by atoms with E-state index in [9.17, 15) is 9.59 Å². The number of piperidine rings is 1. The van der Waals surface area contributed by atoms with E-state index in [0.717, 1.165) is 49.4 Å². The Morgan fingerprint density at radius 3 is 2.79 bits per heavy atom. The first-order valence-electron chi connectivity index (χ1n) is 10.3. The van der Waals surface area contributed by atoms with Crippen molar-refractivity contribution in [3.8, 4) is 0 Å². The zero-order chi connectivity index (χ0) is 20.5. The molecule has 1 fully saturated rings. The molecule has 0 spiro atoms. The number of aromatic amines is 1. The number of nitrogens with one attached hydrogen (secondary N) is 1. The van der Waals surface area contributed by atoms with E-state index < -0.39 is 0 Å². The molecule has 0 bridgehead atoms. The first-order valence-corrected chi connectivity index (χ1v) is 10.3. The van der Waals surface area contributed by atoms with Crippen LogP contribution in [0, 0.1) is 20.8 Å². The van der Waals surface area contributed by atoms with Crippen LogP contribution < -0.4 is 5.56 Å². The molecule has 1 N–H and O–H groups in total. The molecule has 3 aromatic rings. The van der Waals surface area contributed by atoms with E-state index in [1.807, 2.05) is 36.4 Å². The third kappa shape index (κ3) is 4.11. The van der Waals surface area contributed by atoms with Gasteiger partial charge in [0.1, 0.15) is 0 Å². The van der Waals surface area contributed by atoms with Crippen molar-refractivity contribution in [2.75, 3.05) is 13.1 Å². The molecule has 4 rings (SSSR count). The predicted molar refractivity (Wildman–Crippen MR) is 110 cm³/mol. The maximum Gasteiger partial charge on any atom is 0.272 e. The molecule has 8 nitrogen and oxygen atoms in total. The predicted octanol–water partition coefficient (Wildman–Crippen LogP) is 2.33. The summed E-state index contributed by atoms with van der Waals surface area (Å²) >= 11 is 0. The maximum atomic E-state index is 12.7. The summed E-state index contributed by atoms with van der Waals surface area (Å²) < 4.78 is 3.45. The Balaban J connectivity index is 1.39. The molecule has 29 heavy (non-hydrogen) atoms. The van der Waals surface area contributed by atoms with E-state index in [4.69, 9.17) is 0 Å². The summed E-state index contributed by atoms with van der Waals surface area (Å²) in [5.74, 6) is 0.392. The molecule has 4 heterocycles. The van der Waals surface area contributed by atoms with Crippen LogP contribution in [0.3, 0.4) is 0 Å². The van der Waals surface area contributed by atoms with E-state index in [1.165, 1.54) is 10.6 Å². The van der Waals surface area contributed by atoms with Crippen LogP contribution in [0.4, 0.5) is 0 Å². The summed E-state index contributed by atoms with van der Waals surface area (Å²) in [6, 6.07) is 5.52. The van der Waals surface area contributed by atoms with E-state index in [2.05, 4.69) is 21.2 Å². The lowest BCUT2D eigenvalue weighted by atomic mass is 9.94. The van der Waals surface area contributed by atoms with E-state index >= 15 is 0 Å². The van der Waals surface area contributed by atoms with Crippen LogP contribution in [0.25, 0.3) is 5.65 Å². The molecule has 0 aliphatic carbocycles. The Bertz CT molecular complexity index is 1090. The summed E-state index contributed by atoms with van der Waals surface area (Å²) in [4.78, 5) is 31.3. The SMILES string of the molecule is Cc1cc(=O)n2[nH]c(C3CCCN(C(=O)CCCn4nc(C)cc4C)C3)cc2n1. The minimum atomic E-state index is -0.105. The number of rotatable bonds is 5. The summed E-state index contributed by atoms with van der Waals surface area (Å²) in [6.07, 6.45) is 3.27. The standard InChI is InChI=1S/C21H28N6O2/c1-14-11-21(29)27-19(22-14)12-18(24-27)17-6-4-8-25(13-17)20(28)7-5-9-26-16(3)10-15(2)23-26/h10-12,17,24H,4-9,13H2,1-3H3. The number of carbonyl (C=O) groups excluding carboxylic acids is 1. The summed E-state index contributed by atoms with van der Waals surface area (Å²) in [5, 5.41) is 7.64. The van der Waals surface area contributed by atoms with Gasteiger partial charge in [-0.1, -0.05) is 0 Å². The molecule has 0 saturated carbocycles. The van der Waals surface area contributed by atoms with Crippen LogP contribution >= 0.6 is 0 Å². The van der Waals surface area contributed by atoms with E-state index in [1.54, 1.807) is 0 Å². The molecule has 0 aromatic carbocycles. The molecule has 1 unspecified atom stereocenters. The van der Waals surface area contributed by atoms with Crippen molar-refractivity contribution in [2.24, 2.45) is 0 Å². The van der Waals surface area contributed by atoms with Gasteiger partial charge in [-0.15, -0.1) is 0 Å². The second-order valence-corrected chi connectivity index (χ2v) is 8.07. The van der Waals surface area contributed by atoms with E-state index in [0.29, 0.717) is 24.3 Å². The van der Waals surface area contributed by atoms with Gasteiger partial charge in [-0.3, -0.25) is 19.4 Å². The molecular weight excluding hydrogens is 368 g/mol. The minimum absolute atomic E-state index is 0.105. The van der Waals surface area contributed by atoms with Crippen LogP contribution in [0.2, 0.25) is 0 Å². The van der Waals surface area contributed by atoms with E-state index in [-0.39, 0.29) is 17.4 Å². The van der Waals surface area contributed by atoms with Gasteiger partial charge in [0.25, 0.3) is 5.56 Å². The van der Waals surface area contributed by atoms with Gasteiger partial charge in [0.2, 0.25) is 5.91 Å². The van der Waals surface area contributed by atoms with Crippen LogP contribution in [0.1, 0.15) is 54.4 Å². The highest BCUT2D eigenvalue weighted by Crippen LogP contribution is 2.27. The third-order valence-electron chi connectivity index (χ3n) is 5.68. The Hall–Kier alpha value is -2.90. The molecule has 0 radical (unpaired) electrons. The zero-order valence-corrected chi connectivity index (χ0v) is 17.3. The van der Waals surface area contributed by atoms with Gasteiger partial charge in [0.05, 0.1) is 5.69 Å². The van der Waals surface area contributed by atoms with Crippen molar-refractivity contribution in [1.82, 2.24) is 29.3 Å². The van der Waals surface area contributed by atoms with Gasteiger partial charge in [0.15, 0.2) is 5.65 Å². The summed E-state index contributed by atoms with van der Waals surface area (Å²) in [6.45, 7) is 8.09. The molecule has 1 atom stereocenters. The number of hydrogen-bond acceptors (Lipinski definition) is 4. The van der Waals surface area contributed by atoms with Crippen molar-refractivity contribution >= 4 is 11.6 Å². The zero-order valence-electron chi connectivity index (χ0n) is 17.3. The number of likely N-dealkylation sites (tertiary alicyclic amines) is 1. The van der Waals surface area contributed by atoms with Crippen molar-refractivity contribution in [1.29, 1.82) is 0 Å². The average molecular weight is 396 g/mol. The fraction of sp³-hybridized carbons (Fsp3) is 0.524. The van der Waals surface area contributed by atoms with Gasteiger partial charge in [-0.25, -0.2) is 9.50 Å². The first-order chi connectivity index (χ1) is 13.9. The van der Waals surface area contributed by atoms with Gasteiger partial charge in [-0.2, -0.15) is 5.10 Å². The monoisotopic (exact) mass is 396 g/mol. The molecule has 154 valence electrons. The number of aromatic nitrogens is 5. The summed E-state index contributed by atoms with van der Waals surface area (Å²) in [7, 11) is 0. The Labute approximate surface area is 169 Å². The van der Waals surface area contributed by atoms with Gasteiger partial charge in [-0.05, 0) is 46.1 Å². The van der Waals surface area contributed by atoms with Crippen molar-refractivity contribution in [3.05, 3.63) is 51.3 Å². The Morgan fingerprint density at radius 1 is 1.21 bits per heavy atom. The van der Waals surface area contributed by atoms with Crippen molar-refractivity contribution in [2.45, 2.75) is 58.9 Å². The molecule has 1 aliphatic rings. The van der Waals surface area contributed by atoms with Crippen LogP contribution in [-0.2, 0) is 11.3 Å². The largest absolute Gasteiger partial charge is 0.342 e. The second-order valence-electron chi connectivity index (χ2n) is 8.07. The molecule has 1 amide bonds. The van der Waals surface area contributed by atoms with Crippen LogP contribution in [0.15, 0.2) is 23.0 Å². The maximum absolute atomic E-state index is 12.7. The number of aryl methyl sites for hydroxylation is 4. The number of hydrogen-bond donors (Lipinski definition) is 1. The van der Waals surface area contributed by atoms with Crippen molar-refractivity contribution in [3.63, 3.8) is 0 Å². The minimum Gasteiger partial charge on any atom is -0.342 e. The number of nitrogens with zero attached hydrogens (tertiary/aromatic N) is 5. The fourth-order valence-electron chi connectivity index (χ4n) is 4.23. The third-order valence-corrected chi connectivity index (χ3v) is 5.68. The Kier molecular flexibility index (Phi) is 5.25. The summed E-state index contributed by atoms with van der Waals surface area (Å²) in [5.41, 5.74) is 4.36. The number of fused-ring (bicyclic) bond motifs is 1. The molecule has 3 aromatic heterocycles. The molecular formula is C21H28N6O2. The number of H-pyrrole nitrogens is 1. The topological polar surface area (TPSA) is 88.3 Å². The lowest BCUT2D eigenvalue weighted by molar-refractivity contribution is -0.132. The lowest BCUT2D eigenvalue weighted by Crippen LogP contribution is -2.39. The number of carbonyl (C=O) groups is 1. The van der Waals surface area contributed by atoms with Crippen LogP contribution in [0.5, 0.6) is 0 Å². The Morgan fingerprint density at radius 2 is 2.03 bits per heavy atom. The van der Waals surface area contributed by atoms with Gasteiger partial charge >= 0.3 is 0 Å². The van der Waals surface area contributed by atoms with Crippen molar-refractivity contribution < 1.29 is 4.79 Å². The quantitative estimate of drug-likeness (QED) is 0.717. The lowest BCUT2D eigenvalue weighted by Gasteiger charge is -2.32. The fourth-order valence-corrected chi connectivity index (χ4v) is 4.23. The highest BCUT2D eigenvalue weighted by molar-refractivity contribution is 5.76. The smallest absolute Gasteiger partial charge is 0.272 e. The molecule has 1 saturated heterocycles. The molecule has 1 aliphatic heterocycles. The number of amides is 1. The molecule has 8 heteroatoms. The average Bonchev–Trinajstić information content (AvgIpc) is 3.24. The normalized spacial score (nSPS) is 17.2.